The molecule has 2 heterocycles. The summed E-state index contributed by atoms with van der Waals surface area (Å²) in [6.07, 6.45) is 1.29. The van der Waals surface area contributed by atoms with E-state index in [0.29, 0.717) is 0 Å². The molecule has 2 saturated heterocycles. The highest BCUT2D eigenvalue weighted by Gasteiger charge is 2.48. The van der Waals surface area contributed by atoms with Crippen LogP contribution in [0.4, 0.5) is 0 Å². The molecule has 2 aliphatic rings. The minimum atomic E-state index is 0.284. The van der Waals surface area contributed by atoms with Crippen LogP contribution in [0.3, 0.4) is 0 Å². The smallest absolute Gasteiger partial charge is 0.0588 e. The third kappa shape index (κ3) is 1.70. The molecule has 2 aliphatic heterocycles. The van der Waals surface area contributed by atoms with E-state index in [-0.39, 0.29) is 5.41 Å². The average molecular weight is 245 g/mol. The Hall–Kier alpha value is -0.860. The lowest BCUT2D eigenvalue weighted by Gasteiger charge is -2.47. The van der Waals surface area contributed by atoms with E-state index in [1.54, 1.807) is 0 Å². The summed E-state index contributed by atoms with van der Waals surface area (Å²) in [4.78, 5) is 0. The maximum absolute atomic E-state index is 5.60. The maximum atomic E-state index is 5.60. The van der Waals surface area contributed by atoms with Gasteiger partial charge in [0, 0.05) is 5.41 Å². The van der Waals surface area contributed by atoms with Gasteiger partial charge in [-0.15, -0.1) is 0 Å². The van der Waals surface area contributed by atoms with Crippen molar-refractivity contribution >= 4 is 0 Å². The standard InChI is InChI=1S/C16H23NO/c1-11-6-13(3)15(7-12(11)2)16(9-18-10-16)14-4-5-17-8-14/h6-7,14,17H,4-5,8-10H2,1-3H3. The zero-order valence-corrected chi connectivity index (χ0v) is 11.7. The van der Waals surface area contributed by atoms with Crippen LogP contribution in [0.2, 0.25) is 0 Å². The summed E-state index contributed by atoms with van der Waals surface area (Å²) in [5, 5.41) is 3.51. The van der Waals surface area contributed by atoms with Crippen LogP contribution in [-0.4, -0.2) is 26.3 Å². The molecule has 0 saturated carbocycles. The summed E-state index contributed by atoms with van der Waals surface area (Å²) in [7, 11) is 0. The highest BCUT2D eigenvalue weighted by molar-refractivity contribution is 5.43. The highest BCUT2D eigenvalue weighted by atomic mass is 16.5. The van der Waals surface area contributed by atoms with E-state index in [4.69, 9.17) is 4.74 Å². The van der Waals surface area contributed by atoms with Crippen molar-refractivity contribution in [1.82, 2.24) is 5.32 Å². The van der Waals surface area contributed by atoms with Crippen molar-refractivity contribution in [2.45, 2.75) is 32.6 Å². The van der Waals surface area contributed by atoms with Gasteiger partial charge in [0.2, 0.25) is 0 Å². The topological polar surface area (TPSA) is 21.3 Å². The van der Waals surface area contributed by atoms with Crippen LogP contribution in [0, 0.1) is 26.7 Å². The summed E-state index contributed by atoms with van der Waals surface area (Å²) >= 11 is 0. The Morgan fingerprint density at radius 2 is 1.83 bits per heavy atom. The Balaban J connectivity index is 2.03. The SMILES string of the molecule is Cc1cc(C)c(C2(C3CCNC3)COC2)cc1C. The van der Waals surface area contributed by atoms with Crippen LogP contribution < -0.4 is 5.32 Å². The largest absolute Gasteiger partial charge is 0.379 e. The molecule has 1 N–H and O–H groups in total. The van der Waals surface area contributed by atoms with Crippen LogP contribution in [-0.2, 0) is 10.2 Å². The lowest BCUT2D eigenvalue weighted by Crippen LogP contribution is -2.53. The average Bonchev–Trinajstić information content (AvgIpc) is 2.78. The van der Waals surface area contributed by atoms with Gasteiger partial charge in [-0.3, -0.25) is 0 Å². The molecular weight excluding hydrogens is 222 g/mol. The van der Waals surface area contributed by atoms with Crippen molar-refractivity contribution in [3.05, 3.63) is 34.4 Å². The second kappa shape index (κ2) is 4.36. The third-order valence-electron chi connectivity index (χ3n) is 4.94. The quantitative estimate of drug-likeness (QED) is 0.864. The molecule has 2 nitrogen and oxygen atoms in total. The number of aryl methyl sites for hydroxylation is 3. The monoisotopic (exact) mass is 245 g/mol. The van der Waals surface area contributed by atoms with E-state index in [2.05, 4.69) is 38.2 Å². The van der Waals surface area contributed by atoms with Crippen molar-refractivity contribution in [3.63, 3.8) is 0 Å². The van der Waals surface area contributed by atoms with Crippen LogP contribution >= 0.6 is 0 Å². The van der Waals surface area contributed by atoms with Crippen LogP contribution in [0.1, 0.15) is 28.7 Å². The van der Waals surface area contributed by atoms with E-state index >= 15 is 0 Å². The Kier molecular flexibility index (Phi) is 2.95. The van der Waals surface area contributed by atoms with Crippen LogP contribution in [0.15, 0.2) is 12.1 Å². The molecule has 1 unspecified atom stereocenters. The summed E-state index contributed by atoms with van der Waals surface area (Å²) in [5.74, 6) is 0.743. The first-order valence-electron chi connectivity index (χ1n) is 7.00. The van der Waals surface area contributed by atoms with Gasteiger partial charge in [0.25, 0.3) is 0 Å². The molecule has 0 aromatic heterocycles. The van der Waals surface area contributed by atoms with Gasteiger partial charge in [-0.2, -0.15) is 0 Å². The lowest BCUT2D eigenvalue weighted by atomic mass is 9.66. The number of nitrogens with one attached hydrogen (secondary N) is 1. The van der Waals surface area contributed by atoms with Crippen molar-refractivity contribution in [1.29, 1.82) is 0 Å². The number of hydrogen-bond donors (Lipinski definition) is 1. The second-order valence-corrected chi connectivity index (χ2v) is 6.09. The van der Waals surface area contributed by atoms with Crippen LogP contribution in [0.5, 0.6) is 0 Å². The second-order valence-electron chi connectivity index (χ2n) is 6.09. The van der Waals surface area contributed by atoms with Gasteiger partial charge in [-0.05, 0) is 68.5 Å². The van der Waals surface area contributed by atoms with Gasteiger partial charge in [-0.1, -0.05) is 12.1 Å². The van der Waals surface area contributed by atoms with Gasteiger partial charge < -0.3 is 10.1 Å². The number of ether oxygens (including phenoxy) is 1. The lowest BCUT2D eigenvalue weighted by molar-refractivity contribution is -0.0872. The Morgan fingerprint density at radius 3 is 2.39 bits per heavy atom. The molecule has 0 spiro atoms. The van der Waals surface area contributed by atoms with Crippen LogP contribution in [0.25, 0.3) is 0 Å². The molecule has 2 heteroatoms. The fourth-order valence-electron chi connectivity index (χ4n) is 3.56. The van der Waals surface area contributed by atoms with Gasteiger partial charge in [-0.25, -0.2) is 0 Å². The first kappa shape index (κ1) is 12.2. The first-order chi connectivity index (χ1) is 8.63. The summed E-state index contributed by atoms with van der Waals surface area (Å²) in [5.41, 5.74) is 6.06. The fraction of sp³-hybridized carbons (Fsp3) is 0.625. The zero-order chi connectivity index (χ0) is 12.8. The fourth-order valence-corrected chi connectivity index (χ4v) is 3.56. The molecule has 1 aromatic carbocycles. The zero-order valence-electron chi connectivity index (χ0n) is 11.7. The number of rotatable bonds is 2. The molecule has 1 aromatic rings. The van der Waals surface area contributed by atoms with E-state index < -0.39 is 0 Å². The minimum Gasteiger partial charge on any atom is -0.379 e. The normalized spacial score (nSPS) is 26.1. The highest BCUT2D eigenvalue weighted by Crippen LogP contribution is 2.44. The van der Waals surface area contributed by atoms with Gasteiger partial charge in [0.05, 0.1) is 13.2 Å². The summed E-state index contributed by atoms with van der Waals surface area (Å²) < 4.78 is 5.60. The molecular formula is C16H23NO. The molecule has 18 heavy (non-hydrogen) atoms. The molecule has 0 bridgehead atoms. The van der Waals surface area contributed by atoms with E-state index in [1.807, 2.05) is 0 Å². The van der Waals surface area contributed by atoms with Crippen molar-refractivity contribution < 1.29 is 4.74 Å². The van der Waals surface area contributed by atoms with E-state index in [1.165, 1.54) is 28.7 Å². The molecule has 1 atom stereocenters. The minimum absolute atomic E-state index is 0.284. The molecule has 0 aliphatic carbocycles. The van der Waals surface area contributed by atoms with Gasteiger partial charge in [0.1, 0.15) is 0 Å². The molecule has 3 rings (SSSR count). The predicted octanol–water partition coefficient (Wildman–Crippen LogP) is 2.49. The Labute approximate surface area is 110 Å². The van der Waals surface area contributed by atoms with Crippen molar-refractivity contribution in [2.75, 3.05) is 26.3 Å². The van der Waals surface area contributed by atoms with Crippen molar-refractivity contribution in [2.24, 2.45) is 5.92 Å². The molecule has 0 amide bonds. The Bertz CT molecular complexity index is 456. The third-order valence-corrected chi connectivity index (χ3v) is 4.94. The van der Waals surface area contributed by atoms with Gasteiger partial charge >= 0.3 is 0 Å². The number of hydrogen-bond acceptors (Lipinski definition) is 2. The molecule has 98 valence electrons. The summed E-state index contributed by atoms with van der Waals surface area (Å²) in [6.45, 7) is 10.8. The van der Waals surface area contributed by atoms with Crippen molar-refractivity contribution in [3.8, 4) is 0 Å². The van der Waals surface area contributed by atoms with Gasteiger partial charge in [0.15, 0.2) is 0 Å². The predicted molar refractivity (Wildman–Crippen MR) is 74.1 cm³/mol. The summed E-state index contributed by atoms with van der Waals surface area (Å²) in [6, 6.07) is 4.75. The van der Waals surface area contributed by atoms with E-state index in [0.717, 1.165) is 32.2 Å². The molecule has 2 fully saturated rings. The van der Waals surface area contributed by atoms with E-state index in [9.17, 15) is 0 Å². The number of benzene rings is 1. The maximum Gasteiger partial charge on any atom is 0.0588 e. The molecule has 0 radical (unpaired) electrons. The first-order valence-corrected chi connectivity index (χ1v) is 7.00. The Morgan fingerprint density at radius 1 is 1.11 bits per heavy atom.